The van der Waals surface area contributed by atoms with Gasteiger partial charge in [-0.3, -0.25) is 14.5 Å². The van der Waals surface area contributed by atoms with Crippen LogP contribution < -0.4 is 10.6 Å². The third-order valence-corrected chi connectivity index (χ3v) is 2.99. The number of hydrogen-bond donors (Lipinski definition) is 2. The normalized spacial score (nSPS) is 12.9. The number of para-hydroxylation sites is 1. The van der Waals surface area contributed by atoms with Crippen molar-refractivity contribution in [3.05, 3.63) is 30.3 Å². The smallest absolute Gasteiger partial charge is 0.241 e. The first-order chi connectivity index (χ1) is 9.69. The predicted molar refractivity (Wildman–Crippen MR) is 85.1 cm³/mol. The molecule has 0 aliphatic carbocycles. The third-order valence-electron chi connectivity index (χ3n) is 2.99. The van der Waals surface area contributed by atoms with Gasteiger partial charge in [-0.15, -0.1) is 0 Å². The lowest BCUT2D eigenvalue weighted by Gasteiger charge is -2.26. The molecule has 0 saturated carbocycles. The highest BCUT2D eigenvalue weighted by molar-refractivity contribution is 5.94. The van der Waals surface area contributed by atoms with Gasteiger partial charge in [-0.05, 0) is 46.9 Å². The Balaban J connectivity index is 2.52. The summed E-state index contributed by atoms with van der Waals surface area (Å²) in [5.41, 5.74) is 0.481. The zero-order valence-electron chi connectivity index (χ0n) is 13.4. The highest BCUT2D eigenvalue weighted by atomic mass is 16.2. The molecule has 0 heterocycles. The van der Waals surface area contributed by atoms with E-state index in [0.29, 0.717) is 0 Å². The minimum absolute atomic E-state index is 0.0932. The van der Waals surface area contributed by atoms with Crippen LogP contribution in [0.4, 0.5) is 5.69 Å². The number of nitrogens with one attached hydrogen (secondary N) is 2. The zero-order chi connectivity index (χ0) is 16.0. The molecule has 5 nitrogen and oxygen atoms in total. The lowest BCUT2D eigenvalue weighted by molar-refractivity contribution is -0.125. The maximum Gasteiger partial charge on any atom is 0.241 e. The second-order valence-corrected chi connectivity index (χ2v) is 6.24. The summed E-state index contributed by atoms with van der Waals surface area (Å²) in [7, 11) is 1.76. The molecule has 2 N–H and O–H groups in total. The standard InChI is InChI=1S/C16H25N3O2/c1-12(15(21)17-13-9-7-6-8-10-13)19(5)11-14(20)18-16(2,3)4/h6-10,12H,11H2,1-5H3,(H,17,21)(H,18,20). The van der Waals surface area contributed by atoms with E-state index in [4.69, 9.17) is 0 Å². The number of rotatable bonds is 5. The van der Waals surface area contributed by atoms with Crippen LogP contribution in [-0.2, 0) is 9.59 Å². The maximum absolute atomic E-state index is 12.1. The summed E-state index contributed by atoms with van der Waals surface area (Å²) in [6.45, 7) is 7.74. The van der Waals surface area contributed by atoms with Crippen molar-refractivity contribution in [3.63, 3.8) is 0 Å². The first-order valence-electron chi connectivity index (χ1n) is 7.06. The van der Waals surface area contributed by atoms with Gasteiger partial charge in [0.25, 0.3) is 0 Å². The van der Waals surface area contributed by atoms with E-state index in [-0.39, 0.29) is 23.9 Å². The van der Waals surface area contributed by atoms with E-state index in [1.807, 2.05) is 51.1 Å². The Labute approximate surface area is 126 Å². The molecule has 0 aliphatic heterocycles. The number of hydrogen-bond acceptors (Lipinski definition) is 3. The monoisotopic (exact) mass is 291 g/mol. The second kappa shape index (κ2) is 7.22. The summed E-state index contributed by atoms with van der Waals surface area (Å²) in [5, 5.41) is 5.71. The summed E-state index contributed by atoms with van der Waals surface area (Å²) in [4.78, 5) is 25.7. The van der Waals surface area contributed by atoms with E-state index in [1.54, 1.807) is 18.9 Å². The first kappa shape index (κ1) is 17.2. The predicted octanol–water partition coefficient (Wildman–Crippen LogP) is 1.86. The van der Waals surface area contributed by atoms with Crippen molar-refractivity contribution in [1.29, 1.82) is 0 Å². The van der Waals surface area contributed by atoms with E-state index in [2.05, 4.69) is 10.6 Å². The third kappa shape index (κ3) is 6.40. The summed E-state index contributed by atoms with van der Waals surface area (Å²) >= 11 is 0. The molecule has 0 aliphatic rings. The molecule has 1 aromatic carbocycles. The first-order valence-corrected chi connectivity index (χ1v) is 7.06. The highest BCUT2D eigenvalue weighted by Gasteiger charge is 2.22. The van der Waals surface area contributed by atoms with Gasteiger partial charge in [0.1, 0.15) is 0 Å². The number of nitrogens with zero attached hydrogens (tertiary/aromatic N) is 1. The second-order valence-electron chi connectivity index (χ2n) is 6.24. The summed E-state index contributed by atoms with van der Waals surface area (Å²) in [6.07, 6.45) is 0. The molecular weight excluding hydrogens is 266 g/mol. The van der Waals surface area contributed by atoms with Crippen molar-refractivity contribution >= 4 is 17.5 Å². The van der Waals surface area contributed by atoms with Crippen molar-refractivity contribution < 1.29 is 9.59 Å². The van der Waals surface area contributed by atoms with E-state index >= 15 is 0 Å². The van der Waals surface area contributed by atoms with Gasteiger partial charge in [0.15, 0.2) is 0 Å². The molecule has 21 heavy (non-hydrogen) atoms. The van der Waals surface area contributed by atoms with Crippen LogP contribution in [0.5, 0.6) is 0 Å². The number of carbonyl (C=O) groups excluding carboxylic acids is 2. The Morgan fingerprint density at radius 3 is 2.29 bits per heavy atom. The molecule has 1 atom stereocenters. The minimum atomic E-state index is -0.393. The fourth-order valence-electron chi connectivity index (χ4n) is 1.79. The largest absolute Gasteiger partial charge is 0.350 e. The SMILES string of the molecule is CC(C(=O)Nc1ccccc1)N(C)CC(=O)NC(C)(C)C. The maximum atomic E-state index is 12.1. The van der Waals surface area contributed by atoms with Crippen molar-refractivity contribution in [2.24, 2.45) is 0 Å². The van der Waals surface area contributed by atoms with E-state index in [0.717, 1.165) is 5.69 Å². The van der Waals surface area contributed by atoms with Gasteiger partial charge in [0, 0.05) is 11.2 Å². The lowest BCUT2D eigenvalue weighted by atomic mass is 10.1. The van der Waals surface area contributed by atoms with E-state index in [1.165, 1.54) is 0 Å². The van der Waals surface area contributed by atoms with Crippen LogP contribution in [0.1, 0.15) is 27.7 Å². The van der Waals surface area contributed by atoms with E-state index < -0.39 is 6.04 Å². The Bertz CT molecular complexity index is 480. The van der Waals surface area contributed by atoms with Crippen molar-refractivity contribution in [2.75, 3.05) is 18.9 Å². The summed E-state index contributed by atoms with van der Waals surface area (Å²) in [5.74, 6) is -0.225. The molecule has 0 bridgehead atoms. The van der Waals surface area contributed by atoms with E-state index in [9.17, 15) is 9.59 Å². The van der Waals surface area contributed by atoms with Crippen molar-refractivity contribution in [2.45, 2.75) is 39.3 Å². The van der Waals surface area contributed by atoms with Gasteiger partial charge < -0.3 is 10.6 Å². The molecule has 0 spiro atoms. The Kier molecular flexibility index (Phi) is 5.90. The van der Waals surface area contributed by atoms with Gasteiger partial charge in [0.2, 0.25) is 11.8 Å². The molecule has 0 aromatic heterocycles. The quantitative estimate of drug-likeness (QED) is 0.870. The van der Waals surface area contributed by atoms with Gasteiger partial charge in [-0.2, -0.15) is 0 Å². The van der Waals surface area contributed by atoms with Crippen LogP contribution in [0.2, 0.25) is 0 Å². The molecule has 116 valence electrons. The number of amides is 2. The van der Waals surface area contributed by atoms with Crippen LogP contribution >= 0.6 is 0 Å². The van der Waals surface area contributed by atoms with Gasteiger partial charge in [-0.1, -0.05) is 18.2 Å². The molecule has 1 aromatic rings. The molecule has 2 amide bonds. The highest BCUT2D eigenvalue weighted by Crippen LogP contribution is 2.07. The van der Waals surface area contributed by atoms with Crippen LogP contribution in [0.25, 0.3) is 0 Å². The van der Waals surface area contributed by atoms with Gasteiger partial charge >= 0.3 is 0 Å². The average Bonchev–Trinajstić information content (AvgIpc) is 2.36. The number of carbonyl (C=O) groups is 2. The van der Waals surface area contributed by atoms with Crippen molar-refractivity contribution in [3.8, 4) is 0 Å². The van der Waals surface area contributed by atoms with Crippen LogP contribution in [0.3, 0.4) is 0 Å². The van der Waals surface area contributed by atoms with Gasteiger partial charge in [0.05, 0.1) is 12.6 Å². The fourth-order valence-corrected chi connectivity index (χ4v) is 1.79. The number of anilines is 1. The molecule has 1 rings (SSSR count). The lowest BCUT2D eigenvalue weighted by Crippen LogP contribution is -2.49. The summed E-state index contributed by atoms with van der Waals surface area (Å²) < 4.78 is 0. The minimum Gasteiger partial charge on any atom is -0.350 e. The van der Waals surface area contributed by atoms with Crippen molar-refractivity contribution in [1.82, 2.24) is 10.2 Å². The molecule has 0 fully saturated rings. The zero-order valence-corrected chi connectivity index (χ0v) is 13.4. The molecule has 5 heteroatoms. The average molecular weight is 291 g/mol. The fraction of sp³-hybridized carbons (Fsp3) is 0.500. The molecular formula is C16H25N3O2. The Hall–Kier alpha value is -1.88. The van der Waals surface area contributed by atoms with Crippen LogP contribution in [-0.4, -0.2) is 41.9 Å². The van der Waals surface area contributed by atoms with Crippen LogP contribution in [0.15, 0.2) is 30.3 Å². The van der Waals surface area contributed by atoms with Crippen LogP contribution in [0, 0.1) is 0 Å². The Morgan fingerprint density at radius 2 is 1.76 bits per heavy atom. The molecule has 0 saturated heterocycles. The summed E-state index contributed by atoms with van der Waals surface area (Å²) in [6, 6.07) is 8.88. The molecule has 1 unspecified atom stereocenters. The topological polar surface area (TPSA) is 61.4 Å². The molecule has 0 radical (unpaired) electrons. The van der Waals surface area contributed by atoms with Gasteiger partial charge in [-0.25, -0.2) is 0 Å². The Morgan fingerprint density at radius 1 is 1.19 bits per heavy atom. The number of likely N-dealkylation sites (N-methyl/N-ethyl adjacent to an activating group) is 1. The number of benzene rings is 1.